The Morgan fingerprint density at radius 1 is 0.960 bits per heavy atom. The second-order valence-electron chi connectivity index (χ2n) is 16.8. The third-order valence-corrected chi connectivity index (χ3v) is 21.0. The van der Waals surface area contributed by atoms with Gasteiger partial charge in [-0.05, 0) is 66.8 Å². The molecule has 50 heavy (non-hydrogen) atoms. The quantitative estimate of drug-likeness (QED) is 0.0952. The molecular formula is C35H56F2N6O4SSi2. The largest absolute Gasteiger partial charge is 0.409 e. The monoisotopic (exact) mass is 750 g/mol. The van der Waals surface area contributed by atoms with E-state index in [9.17, 15) is 13.9 Å². The first-order valence-corrected chi connectivity index (χ1v) is 24.6. The molecule has 10 nitrogen and oxygen atoms in total. The first-order valence-electron chi connectivity index (χ1n) is 17.8. The van der Waals surface area contributed by atoms with E-state index in [0.717, 1.165) is 24.2 Å². The van der Waals surface area contributed by atoms with Crippen LogP contribution in [0.4, 0.5) is 14.6 Å². The van der Waals surface area contributed by atoms with Gasteiger partial charge in [0.05, 0.1) is 37.6 Å². The summed E-state index contributed by atoms with van der Waals surface area (Å²) in [6, 6.07) is 3.76. The van der Waals surface area contributed by atoms with Gasteiger partial charge in [0.25, 0.3) is 0 Å². The molecule has 2 aliphatic carbocycles. The molecule has 0 aliphatic heterocycles. The van der Waals surface area contributed by atoms with Gasteiger partial charge in [-0.2, -0.15) is 0 Å². The van der Waals surface area contributed by atoms with Crippen LogP contribution in [-0.4, -0.2) is 90.0 Å². The molecule has 2 heterocycles. The van der Waals surface area contributed by atoms with Crippen molar-refractivity contribution in [3.05, 3.63) is 35.4 Å². The molecular weight excluding hydrogens is 695 g/mol. The van der Waals surface area contributed by atoms with Gasteiger partial charge in [0.1, 0.15) is 0 Å². The van der Waals surface area contributed by atoms with Crippen LogP contribution < -0.4 is 5.32 Å². The lowest BCUT2D eigenvalue weighted by Gasteiger charge is -2.44. The topological polar surface area (TPSA) is 116 Å². The minimum atomic E-state index is -2.35. The molecule has 1 aromatic carbocycles. The molecule has 3 aromatic rings. The van der Waals surface area contributed by atoms with Crippen LogP contribution in [0, 0.1) is 11.6 Å². The van der Waals surface area contributed by atoms with Crippen LogP contribution in [0.3, 0.4) is 0 Å². The maximum absolute atomic E-state index is 14.0. The number of anilines is 1. The first kappa shape index (κ1) is 39.2. The van der Waals surface area contributed by atoms with Crippen molar-refractivity contribution in [1.82, 2.24) is 25.0 Å². The summed E-state index contributed by atoms with van der Waals surface area (Å²) in [6.07, 6.45) is 1.11. The summed E-state index contributed by atoms with van der Waals surface area (Å²) in [4.78, 5) is 9.88. The predicted molar refractivity (Wildman–Crippen MR) is 200 cm³/mol. The van der Waals surface area contributed by atoms with Gasteiger partial charge >= 0.3 is 0 Å². The van der Waals surface area contributed by atoms with Crippen molar-refractivity contribution in [3.8, 4) is 0 Å². The highest BCUT2D eigenvalue weighted by Gasteiger charge is 2.54. The summed E-state index contributed by atoms with van der Waals surface area (Å²) in [5.41, 5.74) is 1.87. The lowest BCUT2D eigenvalue weighted by atomic mass is 10.1. The summed E-state index contributed by atoms with van der Waals surface area (Å²) >= 11 is 1.57. The fraction of sp³-hybridized carbons (Fsp3) is 0.714. The number of nitrogens with zero attached hydrogens (tertiary/aromatic N) is 5. The number of ether oxygens (including phenoxy) is 1. The molecule has 1 unspecified atom stereocenters. The Labute approximate surface area is 302 Å². The van der Waals surface area contributed by atoms with Gasteiger partial charge in [0.15, 0.2) is 50.4 Å². The summed E-state index contributed by atoms with van der Waals surface area (Å²) in [7, 11) is -4.65. The SMILES string of the molecule is CCCSc1nc(N[C@@H]2C[C@H]2c2ccc(F)c(F)c2)c2nnn([C@@H]3C[C@H](OCCO)C(O[Si](C)(C)C(C)(C)C)[C@@H]3O[Si](C)(C)C(C)(C)C)c2n1. The Hall–Kier alpha value is -2.02. The molecule has 2 aromatic heterocycles. The van der Waals surface area contributed by atoms with Crippen molar-refractivity contribution in [3.63, 3.8) is 0 Å². The highest BCUT2D eigenvalue weighted by atomic mass is 32.2. The Kier molecular flexibility index (Phi) is 11.6. The minimum Gasteiger partial charge on any atom is -0.409 e. The van der Waals surface area contributed by atoms with Crippen molar-refractivity contribution in [2.75, 3.05) is 24.3 Å². The zero-order valence-electron chi connectivity index (χ0n) is 31.5. The number of aromatic nitrogens is 5. The van der Waals surface area contributed by atoms with Crippen molar-refractivity contribution in [2.24, 2.45) is 0 Å². The van der Waals surface area contributed by atoms with Crippen LogP contribution in [0.1, 0.15) is 85.3 Å². The summed E-state index contributed by atoms with van der Waals surface area (Å²) in [5, 5.41) is 23.2. The van der Waals surface area contributed by atoms with Crippen LogP contribution in [-0.2, 0) is 13.6 Å². The molecule has 2 N–H and O–H groups in total. The van der Waals surface area contributed by atoms with Gasteiger partial charge in [0.2, 0.25) is 0 Å². The van der Waals surface area contributed by atoms with Crippen molar-refractivity contribution < 1.29 is 27.5 Å². The first-order chi connectivity index (χ1) is 23.3. The van der Waals surface area contributed by atoms with E-state index in [2.05, 4.69) is 85.1 Å². The Balaban J connectivity index is 1.57. The molecule has 278 valence electrons. The molecule has 5 rings (SSSR count). The molecule has 2 aliphatic rings. The second-order valence-corrected chi connectivity index (χ2v) is 27.4. The average molecular weight is 751 g/mol. The number of aliphatic hydroxyl groups is 1. The Bertz CT molecular complexity index is 1650. The molecule has 0 radical (unpaired) electrons. The number of fused-ring (bicyclic) bond motifs is 1. The van der Waals surface area contributed by atoms with Crippen LogP contribution >= 0.6 is 11.8 Å². The summed E-state index contributed by atoms with van der Waals surface area (Å²) < 4.78 is 50.4. The molecule has 0 spiro atoms. The van der Waals surface area contributed by atoms with E-state index in [-0.39, 0.29) is 47.4 Å². The number of hydrogen-bond acceptors (Lipinski definition) is 10. The molecule has 2 saturated carbocycles. The van der Waals surface area contributed by atoms with Gasteiger partial charge in [-0.25, -0.2) is 23.4 Å². The molecule has 15 heteroatoms. The number of benzene rings is 1. The standard InChI is InChI=1S/C35H56F2N6O4SSi2/c1-12-17-48-33-39-31(38-25-19-22(25)21-13-14-23(36)24(37)18-21)28-32(40-33)43(42-41-28)26-20-27(45-16-15-44)30(47-50(10,11)35(5,6)7)29(26)46-49(8,9)34(2,3)4/h13-14,18,22,25-27,29-30,44H,12,15-17,19-20H2,1-11H3,(H,38,39,40)/t22-,25+,26+,27-,29+,30?/m0/s1. The average Bonchev–Trinajstić information content (AvgIpc) is 3.53. The lowest BCUT2D eigenvalue weighted by Crippen LogP contribution is -2.53. The number of rotatable bonds is 14. The van der Waals surface area contributed by atoms with E-state index >= 15 is 0 Å². The van der Waals surface area contributed by atoms with Crippen molar-refractivity contribution in [2.45, 2.75) is 145 Å². The Morgan fingerprint density at radius 2 is 1.62 bits per heavy atom. The number of aliphatic hydroxyl groups excluding tert-OH is 1. The number of nitrogens with one attached hydrogen (secondary N) is 1. The Morgan fingerprint density at radius 3 is 2.22 bits per heavy atom. The van der Waals surface area contributed by atoms with Gasteiger partial charge < -0.3 is 24.0 Å². The summed E-state index contributed by atoms with van der Waals surface area (Å²) in [6.45, 7) is 24.5. The molecule has 2 fully saturated rings. The normalized spacial score (nSPS) is 24.7. The van der Waals surface area contributed by atoms with E-state index in [4.69, 9.17) is 28.8 Å². The second kappa shape index (κ2) is 14.8. The van der Waals surface area contributed by atoms with E-state index in [1.54, 1.807) is 17.8 Å². The summed E-state index contributed by atoms with van der Waals surface area (Å²) in [5.74, 6) is -0.270. The highest BCUT2D eigenvalue weighted by Crippen LogP contribution is 2.48. The maximum Gasteiger partial charge on any atom is 0.192 e. The highest BCUT2D eigenvalue weighted by molar-refractivity contribution is 7.99. The van der Waals surface area contributed by atoms with E-state index in [1.807, 2.05) is 4.68 Å². The maximum atomic E-state index is 14.0. The number of thioether (sulfide) groups is 1. The molecule has 0 amide bonds. The van der Waals surface area contributed by atoms with Crippen LogP contribution in [0.25, 0.3) is 11.2 Å². The van der Waals surface area contributed by atoms with E-state index in [1.165, 1.54) is 12.1 Å². The van der Waals surface area contributed by atoms with Gasteiger partial charge in [-0.1, -0.05) is 71.5 Å². The third kappa shape index (κ3) is 8.28. The lowest BCUT2D eigenvalue weighted by molar-refractivity contribution is -0.0533. The van der Waals surface area contributed by atoms with Crippen molar-refractivity contribution in [1.29, 1.82) is 0 Å². The van der Waals surface area contributed by atoms with Gasteiger partial charge in [0, 0.05) is 24.1 Å². The van der Waals surface area contributed by atoms with E-state index < -0.39 is 40.5 Å². The van der Waals surface area contributed by atoms with Gasteiger partial charge in [-0.15, -0.1) is 5.10 Å². The van der Waals surface area contributed by atoms with Crippen LogP contribution in [0.5, 0.6) is 0 Å². The minimum absolute atomic E-state index is 0.0202. The van der Waals surface area contributed by atoms with Crippen LogP contribution in [0.15, 0.2) is 23.4 Å². The van der Waals surface area contributed by atoms with Crippen LogP contribution in [0.2, 0.25) is 36.3 Å². The smallest absolute Gasteiger partial charge is 0.192 e. The number of halogens is 2. The van der Waals surface area contributed by atoms with Crippen molar-refractivity contribution >= 4 is 45.4 Å². The fourth-order valence-corrected chi connectivity index (χ4v) is 9.24. The zero-order valence-corrected chi connectivity index (χ0v) is 34.3. The molecule has 0 bridgehead atoms. The third-order valence-electron chi connectivity index (χ3n) is 11.0. The number of hydrogen-bond donors (Lipinski definition) is 2. The fourth-order valence-electron chi connectivity index (χ4n) is 5.90. The molecule has 6 atom stereocenters. The zero-order chi connectivity index (χ0) is 36.8. The molecule has 0 saturated heterocycles. The van der Waals surface area contributed by atoms with E-state index in [0.29, 0.717) is 28.6 Å². The van der Waals surface area contributed by atoms with Gasteiger partial charge in [-0.3, -0.25) is 0 Å². The predicted octanol–water partition coefficient (Wildman–Crippen LogP) is 8.07.